The first-order valence-electron chi connectivity index (χ1n) is 7.65. The second-order valence-corrected chi connectivity index (χ2v) is 5.67. The molecule has 1 fully saturated rings. The molecule has 0 unspecified atom stereocenters. The number of pyridine rings is 1. The van der Waals surface area contributed by atoms with Gasteiger partial charge in [0.1, 0.15) is 0 Å². The van der Waals surface area contributed by atoms with Crippen LogP contribution < -0.4 is 10.9 Å². The van der Waals surface area contributed by atoms with E-state index in [4.69, 9.17) is 0 Å². The molecule has 1 aromatic heterocycles. The molecule has 19 heavy (non-hydrogen) atoms. The van der Waals surface area contributed by atoms with Gasteiger partial charge in [-0.25, -0.2) is 0 Å². The van der Waals surface area contributed by atoms with Crippen molar-refractivity contribution in [2.24, 2.45) is 0 Å². The minimum atomic E-state index is 0.193. The van der Waals surface area contributed by atoms with Crippen LogP contribution in [0.3, 0.4) is 0 Å². The molecule has 1 aromatic rings. The maximum atomic E-state index is 12.4. The molecule has 0 aliphatic heterocycles. The molecule has 3 nitrogen and oxygen atoms in total. The molecule has 1 aliphatic rings. The lowest BCUT2D eigenvalue weighted by Gasteiger charge is -2.14. The van der Waals surface area contributed by atoms with Crippen LogP contribution in [0.15, 0.2) is 16.9 Å². The fourth-order valence-electron chi connectivity index (χ4n) is 2.83. The number of hydrogen-bond acceptors (Lipinski definition) is 2. The lowest BCUT2D eigenvalue weighted by molar-refractivity contribution is 0.516. The average Bonchev–Trinajstić information content (AvgIpc) is 2.91. The van der Waals surface area contributed by atoms with Gasteiger partial charge in [-0.1, -0.05) is 32.3 Å². The SMILES string of the molecule is CCCCn1c(C)ccc(CNC2CCCC2)c1=O. The Hall–Kier alpha value is -1.09. The van der Waals surface area contributed by atoms with E-state index in [0.29, 0.717) is 6.04 Å². The van der Waals surface area contributed by atoms with Crippen LogP contribution in [0, 0.1) is 6.92 Å². The van der Waals surface area contributed by atoms with Crippen molar-refractivity contribution < 1.29 is 0 Å². The Labute approximate surface area is 116 Å². The topological polar surface area (TPSA) is 34.0 Å². The van der Waals surface area contributed by atoms with Crippen molar-refractivity contribution in [3.63, 3.8) is 0 Å². The molecule has 1 aliphatic carbocycles. The molecule has 1 heterocycles. The van der Waals surface area contributed by atoms with Gasteiger partial charge in [0.15, 0.2) is 0 Å². The molecule has 1 N–H and O–H groups in total. The van der Waals surface area contributed by atoms with Crippen LogP contribution in [-0.2, 0) is 13.1 Å². The Balaban J connectivity index is 2.05. The minimum Gasteiger partial charge on any atom is -0.313 e. The Kier molecular flexibility index (Phi) is 5.20. The fraction of sp³-hybridized carbons (Fsp3) is 0.688. The molecule has 0 bridgehead atoms. The van der Waals surface area contributed by atoms with Gasteiger partial charge in [0.2, 0.25) is 0 Å². The van der Waals surface area contributed by atoms with Crippen molar-refractivity contribution in [1.82, 2.24) is 9.88 Å². The van der Waals surface area contributed by atoms with Gasteiger partial charge in [0.25, 0.3) is 5.56 Å². The second kappa shape index (κ2) is 6.90. The van der Waals surface area contributed by atoms with Crippen molar-refractivity contribution in [3.05, 3.63) is 33.7 Å². The molecule has 106 valence electrons. The zero-order valence-electron chi connectivity index (χ0n) is 12.2. The van der Waals surface area contributed by atoms with E-state index >= 15 is 0 Å². The van der Waals surface area contributed by atoms with Crippen molar-refractivity contribution in [2.75, 3.05) is 0 Å². The van der Waals surface area contributed by atoms with Crippen LogP contribution in [0.25, 0.3) is 0 Å². The molecule has 0 atom stereocenters. The van der Waals surface area contributed by atoms with Crippen molar-refractivity contribution in [1.29, 1.82) is 0 Å². The normalized spacial score (nSPS) is 16.1. The molecular weight excluding hydrogens is 236 g/mol. The summed E-state index contributed by atoms with van der Waals surface area (Å²) < 4.78 is 1.93. The number of nitrogens with zero attached hydrogens (tertiary/aromatic N) is 1. The second-order valence-electron chi connectivity index (χ2n) is 5.67. The molecule has 0 saturated heterocycles. The van der Waals surface area contributed by atoms with E-state index in [0.717, 1.165) is 37.2 Å². The first-order valence-corrected chi connectivity index (χ1v) is 7.65. The van der Waals surface area contributed by atoms with E-state index in [1.807, 2.05) is 17.6 Å². The fourth-order valence-corrected chi connectivity index (χ4v) is 2.83. The molecule has 3 heteroatoms. The summed E-state index contributed by atoms with van der Waals surface area (Å²) in [6, 6.07) is 4.68. The number of aryl methyl sites for hydroxylation is 1. The van der Waals surface area contributed by atoms with Crippen LogP contribution in [0.4, 0.5) is 0 Å². The zero-order chi connectivity index (χ0) is 13.7. The Morgan fingerprint density at radius 2 is 2.05 bits per heavy atom. The summed E-state index contributed by atoms with van der Waals surface area (Å²) in [4.78, 5) is 12.4. The predicted molar refractivity (Wildman–Crippen MR) is 79.4 cm³/mol. The largest absolute Gasteiger partial charge is 0.313 e. The molecule has 0 aromatic carbocycles. The van der Waals surface area contributed by atoms with Gasteiger partial charge in [-0.15, -0.1) is 0 Å². The summed E-state index contributed by atoms with van der Waals surface area (Å²) >= 11 is 0. The smallest absolute Gasteiger partial charge is 0.255 e. The maximum Gasteiger partial charge on any atom is 0.255 e. The lowest BCUT2D eigenvalue weighted by atomic mass is 10.2. The molecular formula is C16H26N2O. The summed E-state index contributed by atoms with van der Waals surface area (Å²) in [6.45, 7) is 5.74. The van der Waals surface area contributed by atoms with Gasteiger partial charge >= 0.3 is 0 Å². The molecule has 2 rings (SSSR count). The van der Waals surface area contributed by atoms with Gasteiger partial charge in [0, 0.05) is 30.4 Å². The van der Waals surface area contributed by atoms with Gasteiger partial charge in [-0.05, 0) is 32.3 Å². The summed E-state index contributed by atoms with van der Waals surface area (Å²) in [5, 5.41) is 3.53. The third kappa shape index (κ3) is 3.69. The van der Waals surface area contributed by atoms with Crippen molar-refractivity contribution >= 4 is 0 Å². The van der Waals surface area contributed by atoms with E-state index < -0.39 is 0 Å². The quantitative estimate of drug-likeness (QED) is 0.855. The predicted octanol–water partition coefficient (Wildman–Crippen LogP) is 2.99. The maximum absolute atomic E-state index is 12.4. The highest BCUT2D eigenvalue weighted by Gasteiger charge is 2.15. The highest BCUT2D eigenvalue weighted by Crippen LogP contribution is 2.17. The third-order valence-electron chi connectivity index (χ3n) is 4.14. The van der Waals surface area contributed by atoms with E-state index in [1.54, 1.807) is 0 Å². The highest BCUT2D eigenvalue weighted by atomic mass is 16.1. The van der Waals surface area contributed by atoms with Crippen LogP contribution in [0.5, 0.6) is 0 Å². The third-order valence-corrected chi connectivity index (χ3v) is 4.14. The first-order chi connectivity index (χ1) is 9.22. The summed E-state index contributed by atoms with van der Waals surface area (Å²) in [5.41, 5.74) is 2.18. The van der Waals surface area contributed by atoms with Crippen molar-refractivity contribution in [3.8, 4) is 0 Å². The number of hydrogen-bond donors (Lipinski definition) is 1. The first kappa shape index (κ1) is 14.3. The van der Waals surface area contributed by atoms with Gasteiger partial charge in [0.05, 0.1) is 0 Å². The van der Waals surface area contributed by atoms with E-state index in [9.17, 15) is 4.79 Å². The Bertz CT molecular complexity index is 458. The van der Waals surface area contributed by atoms with E-state index in [1.165, 1.54) is 25.7 Å². The summed E-state index contributed by atoms with van der Waals surface area (Å²) in [6.07, 6.45) is 7.36. The monoisotopic (exact) mass is 262 g/mol. The van der Waals surface area contributed by atoms with Gasteiger partial charge in [-0.3, -0.25) is 4.79 Å². The van der Waals surface area contributed by atoms with Crippen LogP contribution in [0.2, 0.25) is 0 Å². The van der Waals surface area contributed by atoms with Crippen LogP contribution in [0.1, 0.15) is 56.7 Å². The summed E-state index contributed by atoms with van der Waals surface area (Å²) in [5.74, 6) is 0. The van der Waals surface area contributed by atoms with E-state index in [2.05, 4.69) is 18.3 Å². The van der Waals surface area contributed by atoms with Gasteiger partial charge in [-0.2, -0.15) is 0 Å². The number of unbranched alkanes of at least 4 members (excludes halogenated alkanes) is 1. The molecule has 1 saturated carbocycles. The standard InChI is InChI=1S/C16H26N2O/c1-3-4-11-18-13(2)9-10-14(16(18)19)12-17-15-7-5-6-8-15/h9-10,15,17H,3-8,11-12H2,1-2H3. The minimum absolute atomic E-state index is 0.193. The van der Waals surface area contributed by atoms with Crippen molar-refractivity contribution in [2.45, 2.75) is 71.5 Å². The number of rotatable bonds is 6. The van der Waals surface area contributed by atoms with Gasteiger partial charge < -0.3 is 9.88 Å². The lowest BCUT2D eigenvalue weighted by Crippen LogP contribution is -2.32. The van der Waals surface area contributed by atoms with Crippen LogP contribution >= 0.6 is 0 Å². The Morgan fingerprint density at radius 1 is 1.32 bits per heavy atom. The van der Waals surface area contributed by atoms with Crippen LogP contribution in [-0.4, -0.2) is 10.6 Å². The number of aromatic nitrogens is 1. The highest BCUT2D eigenvalue weighted by molar-refractivity contribution is 5.15. The average molecular weight is 262 g/mol. The summed E-state index contributed by atoms with van der Waals surface area (Å²) in [7, 11) is 0. The molecule has 0 amide bonds. The molecule has 0 spiro atoms. The molecule has 0 radical (unpaired) electrons. The van der Waals surface area contributed by atoms with E-state index in [-0.39, 0.29) is 5.56 Å². The zero-order valence-corrected chi connectivity index (χ0v) is 12.2. The Morgan fingerprint density at radius 3 is 2.74 bits per heavy atom. The number of nitrogens with one attached hydrogen (secondary N) is 1.